The minimum atomic E-state index is -0.0226. The standard InChI is InChI=1S/C12H21NO/c14-12(8-13-4-1-5-13)11-7-9-2-3-10(11)6-9/h9-12,14H,1-8H2. The molecule has 3 aliphatic rings. The van der Waals surface area contributed by atoms with Crippen molar-refractivity contribution in [3.8, 4) is 0 Å². The molecule has 1 saturated heterocycles. The van der Waals surface area contributed by atoms with Gasteiger partial charge in [0.15, 0.2) is 0 Å². The zero-order valence-corrected chi connectivity index (χ0v) is 8.86. The van der Waals surface area contributed by atoms with Crippen LogP contribution >= 0.6 is 0 Å². The highest BCUT2D eigenvalue weighted by Crippen LogP contribution is 2.49. The number of β-amino-alcohol motifs (C(OH)–C–C–N with tert-alkyl or cyclic N) is 1. The van der Waals surface area contributed by atoms with Crippen LogP contribution in [0.3, 0.4) is 0 Å². The first-order valence-corrected chi connectivity index (χ1v) is 6.23. The first kappa shape index (κ1) is 9.17. The highest BCUT2D eigenvalue weighted by atomic mass is 16.3. The average molecular weight is 195 g/mol. The van der Waals surface area contributed by atoms with Crippen molar-refractivity contribution in [3.63, 3.8) is 0 Å². The molecular weight excluding hydrogens is 174 g/mol. The molecule has 2 nitrogen and oxygen atoms in total. The van der Waals surface area contributed by atoms with Crippen LogP contribution in [0.2, 0.25) is 0 Å². The lowest BCUT2D eigenvalue weighted by atomic mass is 9.84. The number of fused-ring (bicyclic) bond motifs is 2. The predicted molar refractivity (Wildman–Crippen MR) is 56.0 cm³/mol. The van der Waals surface area contributed by atoms with Gasteiger partial charge in [-0.3, -0.25) is 0 Å². The van der Waals surface area contributed by atoms with Gasteiger partial charge < -0.3 is 10.0 Å². The summed E-state index contributed by atoms with van der Waals surface area (Å²) in [7, 11) is 0. The van der Waals surface area contributed by atoms with E-state index in [9.17, 15) is 5.11 Å². The van der Waals surface area contributed by atoms with Gasteiger partial charge >= 0.3 is 0 Å². The fourth-order valence-electron chi connectivity index (χ4n) is 3.73. The number of aliphatic hydroxyl groups excluding tert-OH is 1. The third-order valence-corrected chi connectivity index (χ3v) is 4.68. The molecule has 0 amide bonds. The number of hydrogen-bond donors (Lipinski definition) is 1. The van der Waals surface area contributed by atoms with Crippen molar-refractivity contribution in [2.24, 2.45) is 17.8 Å². The van der Waals surface area contributed by atoms with Crippen molar-refractivity contribution < 1.29 is 5.11 Å². The van der Waals surface area contributed by atoms with Crippen LogP contribution in [0.4, 0.5) is 0 Å². The van der Waals surface area contributed by atoms with Gasteiger partial charge in [0.2, 0.25) is 0 Å². The summed E-state index contributed by atoms with van der Waals surface area (Å²) in [6.45, 7) is 3.39. The third-order valence-electron chi connectivity index (χ3n) is 4.68. The zero-order chi connectivity index (χ0) is 9.54. The Morgan fingerprint density at radius 1 is 1.21 bits per heavy atom. The van der Waals surface area contributed by atoms with Crippen LogP contribution in [-0.2, 0) is 0 Å². The monoisotopic (exact) mass is 195 g/mol. The van der Waals surface area contributed by atoms with Crippen molar-refractivity contribution in [1.29, 1.82) is 0 Å². The molecular formula is C12H21NO. The number of hydrogen-bond acceptors (Lipinski definition) is 2. The molecule has 80 valence electrons. The van der Waals surface area contributed by atoms with Crippen molar-refractivity contribution in [2.45, 2.75) is 38.2 Å². The van der Waals surface area contributed by atoms with E-state index in [1.165, 1.54) is 45.2 Å². The Morgan fingerprint density at radius 3 is 2.57 bits per heavy atom. The molecule has 2 aliphatic carbocycles. The van der Waals surface area contributed by atoms with Gasteiger partial charge in [0.25, 0.3) is 0 Å². The third kappa shape index (κ3) is 1.49. The maximum absolute atomic E-state index is 10.2. The average Bonchev–Trinajstić information content (AvgIpc) is 2.71. The van der Waals surface area contributed by atoms with Crippen molar-refractivity contribution in [3.05, 3.63) is 0 Å². The molecule has 2 saturated carbocycles. The summed E-state index contributed by atoms with van der Waals surface area (Å²) in [5.74, 6) is 2.49. The summed E-state index contributed by atoms with van der Waals surface area (Å²) in [5.41, 5.74) is 0. The summed E-state index contributed by atoms with van der Waals surface area (Å²) < 4.78 is 0. The quantitative estimate of drug-likeness (QED) is 0.737. The van der Waals surface area contributed by atoms with Crippen LogP contribution in [-0.4, -0.2) is 35.7 Å². The van der Waals surface area contributed by atoms with Crippen molar-refractivity contribution in [2.75, 3.05) is 19.6 Å². The molecule has 2 heteroatoms. The fraction of sp³-hybridized carbons (Fsp3) is 1.00. The highest BCUT2D eigenvalue weighted by Gasteiger charge is 2.43. The predicted octanol–water partition coefficient (Wildman–Crippen LogP) is 1.49. The minimum absolute atomic E-state index is 0.0226. The van der Waals surface area contributed by atoms with Gasteiger partial charge in [-0.2, -0.15) is 0 Å². The number of rotatable bonds is 3. The van der Waals surface area contributed by atoms with Gasteiger partial charge in [-0.05, 0) is 56.5 Å². The van der Waals surface area contributed by atoms with Gasteiger partial charge in [0.05, 0.1) is 6.10 Å². The molecule has 4 atom stereocenters. The Balaban J connectivity index is 1.54. The molecule has 0 aromatic heterocycles. The van der Waals surface area contributed by atoms with E-state index >= 15 is 0 Å². The largest absolute Gasteiger partial charge is 0.391 e. The smallest absolute Gasteiger partial charge is 0.0697 e. The van der Waals surface area contributed by atoms with E-state index < -0.39 is 0 Å². The van der Waals surface area contributed by atoms with Crippen LogP contribution in [0, 0.1) is 17.8 Å². The van der Waals surface area contributed by atoms with E-state index in [4.69, 9.17) is 0 Å². The molecule has 3 fully saturated rings. The summed E-state index contributed by atoms with van der Waals surface area (Å²) in [4.78, 5) is 2.40. The molecule has 0 aromatic rings. The Hall–Kier alpha value is -0.0800. The molecule has 3 rings (SSSR count). The molecule has 1 aliphatic heterocycles. The van der Waals surface area contributed by atoms with Crippen LogP contribution in [0.5, 0.6) is 0 Å². The van der Waals surface area contributed by atoms with Gasteiger partial charge in [-0.1, -0.05) is 6.42 Å². The van der Waals surface area contributed by atoms with E-state index in [1.807, 2.05) is 0 Å². The first-order valence-electron chi connectivity index (χ1n) is 6.23. The van der Waals surface area contributed by atoms with E-state index in [0.717, 1.165) is 18.4 Å². The molecule has 14 heavy (non-hydrogen) atoms. The van der Waals surface area contributed by atoms with Gasteiger partial charge in [0.1, 0.15) is 0 Å². The van der Waals surface area contributed by atoms with Crippen LogP contribution < -0.4 is 0 Å². The maximum atomic E-state index is 10.2. The zero-order valence-electron chi connectivity index (χ0n) is 8.86. The van der Waals surface area contributed by atoms with Crippen molar-refractivity contribution >= 4 is 0 Å². The van der Waals surface area contributed by atoms with Gasteiger partial charge in [0, 0.05) is 6.54 Å². The lowest BCUT2D eigenvalue weighted by Crippen LogP contribution is -2.45. The van der Waals surface area contributed by atoms with Gasteiger partial charge in [-0.15, -0.1) is 0 Å². The minimum Gasteiger partial charge on any atom is -0.391 e. The van der Waals surface area contributed by atoms with Crippen LogP contribution in [0.1, 0.15) is 32.1 Å². The summed E-state index contributed by atoms with van der Waals surface area (Å²) in [6.07, 6.45) is 6.89. The van der Waals surface area contributed by atoms with Crippen molar-refractivity contribution in [1.82, 2.24) is 4.90 Å². The van der Waals surface area contributed by atoms with E-state index in [1.54, 1.807) is 0 Å². The van der Waals surface area contributed by atoms with Crippen LogP contribution in [0.15, 0.2) is 0 Å². The van der Waals surface area contributed by atoms with E-state index in [2.05, 4.69) is 4.90 Å². The van der Waals surface area contributed by atoms with E-state index in [0.29, 0.717) is 5.92 Å². The van der Waals surface area contributed by atoms with Gasteiger partial charge in [-0.25, -0.2) is 0 Å². The lowest BCUT2D eigenvalue weighted by molar-refractivity contribution is 0.0220. The Bertz CT molecular complexity index is 214. The summed E-state index contributed by atoms with van der Waals surface area (Å²) in [5, 5.41) is 10.2. The normalized spacial score (nSPS) is 43.9. The second-order valence-corrected chi connectivity index (χ2v) is 5.56. The molecule has 2 bridgehead atoms. The topological polar surface area (TPSA) is 23.5 Å². The Morgan fingerprint density at radius 2 is 2.07 bits per heavy atom. The maximum Gasteiger partial charge on any atom is 0.0697 e. The second kappa shape index (κ2) is 3.49. The molecule has 1 N–H and O–H groups in total. The molecule has 0 aromatic carbocycles. The number of aliphatic hydroxyl groups is 1. The Labute approximate surface area is 86.3 Å². The summed E-state index contributed by atoms with van der Waals surface area (Å²) >= 11 is 0. The molecule has 4 unspecified atom stereocenters. The Kier molecular flexibility index (Phi) is 2.29. The fourth-order valence-corrected chi connectivity index (χ4v) is 3.73. The number of likely N-dealkylation sites (tertiary alicyclic amines) is 1. The second-order valence-electron chi connectivity index (χ2n) is 5.56. The van der Waals surface area contributed by atoms with E-state index in [-0.39, 0.29) is 6.10 Å². The SMILES string of the molecule is OC(CN1CCC1)C1CC2CCC1C2. The summed E-state index contributed by atoms with van der Waals surface area (Å²) in [6, 6.07) is 0. The lowest BCUT2D eigenvalue weighted by Gasteiger charge is -2.36. The molecule has 0 spiro atoms. The van der Waals surface area contributed by atoms with Crippen LogP contribution in [0.25, 0.3) is 0 Å². The first-order chi connectivity index (χ1) is 6.83. The molecule has 0 radical (unpaired) electrons. The molecule has 1 heterocycles. The number of nitrogens with zero attached hydrogens (tertiary/aromatic N) is 1. The highest BCUT2D eigenvalue weighted by molar-refractivity contribution is 4.94.